The summed E-state index contributed by atoms with van der Waals surface area (Å²) in [6.07, 6.45) is 3.30. The molecule has 0 radical (unpaired) electrons. The van der Waals surface area contributed by atoms with Gasteiger partial charge in [-0.3, -0.25) is 19.3 Å². The van der Waals surface area contributed by atoms with Crippen LogP contribution in [0.1, 0.15) is 36.0 Å². The van der Waals surface area contributed by atoms with Gasteiger partial charge in [0.2, 0.25) is 11.8 Å². The normalized spacial score (nSPS) is 18.8. The number of esters is 1. The summed E-state index contributed by atoms with van der Waals surface area (Å²) < 4.78 is 10.9. The van der Waals surface area contributed by atoms with Crippen LogP contribution in [0.5, 0.6) is 11.5 Å². The highest BCUT2D eigenvalue weighted by Gasteiger charge is 2.48. The topological polar surface area (TPSA) is 102 Å². The molecule has 3 aromatic carbocycles. The summed E-state index contributed by atoms with van der Waals surface area (Å²) in [4.78, 5) is 51.8. The highest BCUT2D eigenvalue weighted by atomic mass is 16.5. The minimum Gasteiger partial charge on any atom is -0.457 e. The van der Waals surface area contributed by atoms with E-state index in [0.717, 1.165) is 12.8 Å². The SMILES string of the molecule is O=C(COC(=O)c1cccc(N2C(=O)[C@H]3CCCC[C@H]3C2=O)c1)Nc1ccc(Oc2ccccc2)cc1. The number of para-hydroxylation sites is 1. The van der Waals surface area contributed by atoms with Gasteiger partial charge in [0.25, 0.3) is 5.91 Å². The number of benzene rings is 3. The second-order valence-electron chi connectivity index (χ2n) is 9.12. The van der Waals surface area contributed by atoms with Gasteiger partial charge in [0.1, 0.15) is 11.5 Å². The number of carbonyl (C=O) groups is 4. The Hall–Kier alpha value is -4.46. The minimum atomic E-state index is -0.722. The third kappa shape index (κ3) is 5.38. The predicted octanol–water partition coefficient (Wildman–Crippen LogP) is 4.95. The number of fused-ring (bicyclic) bond motifs is 1. The maximum absolute atomic E-state index is 12.9. The lowest BCUT2D eigenvalue weighted by Gasteiger charge is -2.19. The van der Waals surface area contributed by atoms with Gasteiger partial charge >= 0.3 is 5.97 Å². The average molecular weight is 499 g/mol. The summed E-state index contributed by atoms with van der Waals surface area (Å²) in [5.74, 6) is -0.884. The quantitative estimate of drug-likeness (QED) is 0.365. The third-order valence-electron chi connectivity index (χ3n) is 6.63. The first kappa shape index (κ1) is 24.2. The Morgan fingerprint density at radius 3 is 2.14 bits per heavy atom. The van der Waals surface area contributed by atoms with E-state index >= 15 is 0 Å². The minimum absolute atomic E-state index is 0.156. The summed E-state index contributed by atoms with van der Waals surface area (Å²) in [6.45, 7) is -0.489. The van der Waals surface area contributed by atoms with E-state index in [9.17, 15) is 19.2 Å². The molecule has 1 heterocycles. The van der Waals surface area contributed by atoms with Gasteiger partial charge in [0.15, 0.2) is 6.61 Å². The van der Waals surface area contributed by atoms with Crippen LogP contribution in [-0.2, 0) is 19.1 Å². The molecular formula is C29H26N2O6. The van der Waals surface area contributed by atoms with Crippen LogP contribution in [0.25, 0.3) is 0 Å². The van der Waals surface area contributed by atoms with Crippen molar-refractivity contribution in [3.05, 3.63) is 84.4 Å². The first-order valence-corrected chi connectivity index (χ1v) is 12.3. The average Bonchev–Trinajstić information content (AvgIpc) is 3.19. The summed E-state index contributed by atoms with van der Waals surface area (Å²) in [6, 6.07) is 22.3. The Kier molecular flexibility index (Phi) is 6.98. The van der Waals surface area contributed by atoms with Gasteiger partial charge in [-0.05, 0) is 67.4 Å². The third-order valence-corrected chi connectivity index (χ3v) is 6.63. The van der Waals surface area contributed by atoms with E-state index in [4.69, 9.17) is 9.47 Å². The van der Waals surface area contributed by atoms with Crippen LogP contribution in [0.3, 0.4) is 0 Å². The van der Waals surface area contributed by atoms with Crippen LogP contribution in [0, 0.1) is 11.8 Å². The van der Waals surface area contributed by atoms with Gasteiger partial charge < -0.3 is 14.8 Å². The molecule has 1 N–H and O–H groups in total. The van der Waals surface area contributed by atoms with Gasteiger partial charge in [0, 0.05) is 5.69 Å². The van der Waals surface area contributed by atoms with E-state index in [2.05, 4.69) is 5.32 Å². The van der Waals surface area contributed by atoms with Crippen LogP contribution in [0.2, 0.25) is 0 Å². The molecule has 5 rings (SSSR count). The number of imide groups is 1. The van der Waals surface area contributed by atoms with Crippen LogP contribution >= 0.6 is 0 Å². The molecular weight excluding hydrogens is 472 g/mol. The van der Waals surface area contributed by atoms with Crippen LogP contribution in [0.15, 0.2) is 78.9 Å². The first-order chi connectivity index (χ1) is 18.0. The van der Waals surface area contributed by atoms with E-state index in [-0.39, 0.29) is 29.2 Å². The summed E-state index contributed by atoms with van der Waals surface area (Å²) in [5.41, 5.74) is 1.03. The van der Waals surface area contributed by atoms with Gasteiger partial charge in [-0.2, -0.15) is 0 Å². The first-order valence-electron chi connectivity index (χ1n) is 12.3. The zero-order chi connectivity index (χ0) is 25.8. The van der Waals surface area contributed by atoms with Crippen molar-refractivity contribution in [1.82, 2.24) is 0 Å². The van der Waals surface area contributed by atoms with Crippen molar-refractivity contribution in [3.63, 3.8) is 0 Å². The molecule has 0 spiro atoms. The molecule has 188 valence electrons. The predicted molar refractivity (Wildman–Crippen MR) is 136 cm³/mol. The molecule has 2 atom stereocenters. The second-order valence-corrected chi connectivity index (χ2v) is 9.12. The van der Waals surface area contributed by atoms with Crippen molar-refractivity contribution in [2.75, 3.05) is 16.8 Å². The maximum Gasteiger partial charge on any atom is 0.338 e. The summed E-state index contributed by atoms with van der Waals surface area (Å²) in [5, 5.41) is 2.67. The van der Waals surface area contributed by atoms with Gasteiger partial charge in [-0.1, -0.05) is 37.1 Å². The van der Waals surface area contributed by atoms with Crippen molar-refractivity contribution in [2.24, 2.45) is 11.8 Å². The van der Waals surface area contributed by atoms with Crippen LogP contribution in [0.4, 0.5) is 11.4 Å². The van der Waals surface area contributed by atoms with Crippen molar-refractivity contribution >= 4 is 35.1 Å². The molecule has 1 saturated carbocycles. The summed E-state index contributed by atoms with van der Waals surface area (Å²) >= 11 is 0. The van der Waals surface area contributed by atoms with E-state index < -0.39 is 18.5 Å². The Labute approximate surface area is 214 Å². The highest BCUT2D eigenvalue weighted by molar-refractivity contribution is 6.22. The Bertz CT molecular complexity index is 1300. The van der Waals surface area contributed by atoms with Gasteiger partial charge in [-0.15, -0.1) is 0 Å². The number of anilines is 2. The lowest BCUT2D eigenvalue weighted by molar-refractivity contribution is -0.122. The number of amides is 3. The monoisotopic (exact) mass is 498 g/mol. The molecule has 8 nitrogen and oxygen atoms in total. The smallest absolute Gasteiger partial charge is 0.338 e. The van der Waals surface area contributed by atoms with Crippen molar-refractivity contribution in [3.8, 4) is 11.5 Å². The molecule has 37 heavy (non-hydrogen) atoms. The molecule has 0 unspecified atom stereocenters. The highest BCUT2D eigenvalue weighted by Crippen LogP contribution is 2.40. The molecule has 0 aromatic heterocycles. The Morgan fingerprint density at radius 2 is 1.46 bits per heavy atom. The molecule has 2 fully saturated rings. The molecule has 1 aliphatic heterocycles. The standard InChI is InChI=1S/C29H26N2O6/c32-26(30-20-13-15-23(16-14-20)37-22-9-2-1-3-10-22)18-36-29(35)19-7-6-8-21(17-19)31-27(33)24-11-4-5-12-25(24)28(31)34/h1-3,6-10,13-17,24-25H,4-5,11-12,18H2,(H,30,32)/t24-,25+. The second kappa shape index (κ2) is 10.7. The van der Waals surface area contributed by atoms with Crippen molar-refractivity contribution in [1.29, 1.82) is 0 Å². The molecule has 8 heteroatoms. The molecule has 3 aromatic rings. The maximum atomic E-state index is 12.9. The molecule has 2 aliphatic rings. The number of hydrogen-bond acceptors (Lipinski definition) is 6. The number of nitrogens with zero attached hydrogens (tertiary/aromatic N) is 1. The number of nitrogens with one attached hydrogen (secondary N) is 1. The fourth-order valence-corrected chi connectivity index (χ4v) is 4.83. The van der Waals surface area contributed by atoms with E-state index in [1.54, 1.807) is 36.4 Å². The van der Waals surface area contributed by atoms with Crippen molar-refractivity contribution < 1.29 is 28.7 Å². The van der Waals surface area contributed by atoms with Crippen LogP contribution in [-0.4, -0.2) is 30.3 Å². The molecule has 1 aliphatic carbocycles. The zero-order valence-electron chi connectivity index (χ0n) is 20.1. The van der Waals surface area contributed by atoms with E-state index in [1.165, 1.54) is 17.0 Å². The number of ether oxygens (including phenoxy) is 2. The van der Waals surface area contributed by atoms with Gasteiger partial charge in [0.05, 0.1) is 23.1 Å². The van der Waals surface area contributed by atoms with Crippen molar-refractivity contribution in [2.45, 2.75) is 25.7 Å². The molecule has 3 amide bonds. The van der Waals surface area contributed by atoms with Gasteiger partial charge in [-0.25, -0.2) is 4.79 Å². The number of hydrogen-bond donors (Lipinski definition) is 1. The van der Waals surface area contributed by atoms with E-state index in [1.807, 2.05) is 30.3 Å². The fourth-order valence-electron chi connectivity index (χ4n) is 4.83. The molecule has 1 saturated heterocycles. The Morgan fingerprint density at radius 1 is 0.811 bits per heavy atom. The zero-order valence-corrected chi connectivity index (χ0v) is 20.1. The van der Waals surface area contributed by atoms with E-state index in [0.29, 0.717) is 35.7 Å². The lowest BCUT2D eigenvalue weighted by atomic mass is 9.81. The molecule has 0 bridgehead atoms. The Balaban J connectivity index is 1.16. The summed E-state index contributed by atoms with van der Waals surface area (Å²) in [7, 11) is 0. The number of rotatable bonds is 7. The van der Waals surface area contributed by atoms with Crippen LogP contribution < -0.4 is 15.0 Å². The number of carbonyl (C=O) groups excluding carboxylic acids is 4. The largest absolute Gasteiger partial charge is 0.457 e. The lowest BCUT2D eigenvalue weighted by Crippen LogP contribution is -2.31. The fraction of sp³-hybridized carbons (Fsp3) is 0.241.